The zero-order valence-electron chi connectivity index (χ0n) is 10.9. The summed E-state index contributed by atoms with van der Waals surface area (Å²) in [4.78, 5) is 4.33. The maximum absolute atomic E-state index is 9.81. The highest BCUT2D eigenvalue weighted by Crippen LogP contribution is 2.33. The maximum Gasteiger partial charge on any atom is 0.261 e. The summed E-state index contributed by atoms with van der Waals surface area (Å²) in [5.74, 6) is 1.81. The highest BCUT2D eigenvalue weighted by Gasteiger charge is 2.18. The summed E-state index contributed by atoms with van der Waals surface area (Å²) in [5.41, 5.74) is 0.474. The fourth-order valence-corrected chi connectivity index (χ4v) is 3.69. The number of nitrogens with zero attached hydrogens (tertiary/aromatic N) is 2. The van der Waals surface area contributed by atoms with Crippen molar-refractivity contribution in [1.29, 1.82) is 0 Å². The largest absolute Gasteiger partial charge is 0.507 e. The molecular formula is C14H15ClN2O2S. The number of rotatable bonds is 4. The van der Waals surface area contributed by atoms with Gasteiger partial charge < -0.3 is 9.63 Å². The molecule has 1 saturated carbocycles. The van der Waals surface area contributed by atoms with Crippen LogP contribution >= 0.6 is 23.4 Å². The Hall–Kier alpha value is -1.20. The van der Waals surface area contributed by atoms with Gasteiger partial charge in [-0.2, -0.15) is 16.7 Å². The third kappa shape index (κ3) is 3.10. The predicted molar refractivity (Wildman–Crippen MR) is 80.0 cm³/mol. The average Bonchev–Trinajstić information content (AvgIpc) is 3.10. The summed E-state index contributed by atoms with van der Waals surface area (Å²) < 4.78 is 5.21. The summed E-state index contributed by atoms with van der Waals surface area (Å²) in [5, 5.41) is 15.0. The second-order valence-electron chi connectivity index (χ2n) is 4.89. The van der Waals surface area contributed by atoms with E-state index in [9.17, 15) is 5.11 Å². The lowest BCUT2D eigenvalue weighted by molar-refractivity contribution is 0.419. The molecule has 1 aromatic carbocycles. The summed E-state index contributed by atoms with van der Waals surface area (Å²) >= 11 is 7.80. The van der Waals surface area contributed by atoms with E-state index in [1.165, 1.54) is 31.7 Å². The van der Waals surface area contributed by atoms with Crippen molar-refractivity contribution in [3.05, 3.63) is 29.0 Å². The molecule has 4 nitrogen and oxygen atoms in total. The third-order valence-corrected chi connectivity index (χ3v) is 5.01. The van der Waals surface area contributed by atoms with Crippen LogP contribution in [0.2, 0.25) is 5.02 Å². The molecule has 0 aliphatic heterocycles. The van der Waals surface area contributed by atoms with Crippen LogP contribution in [0, 0.1) is 0 Å². The summed E-state index contributed by atoms with van der Waals surface area (Å²) in [6.07, 6.45) is 5.21. The molecule has 20 heavy (non-hydrogen) atoms. The van der Waals surface area contributed by atoms with Gasteiger partial charge in [-0.1, -0.05) is 29.6 Å². The Kier molecular flexibility index (Phi) is 4.17. The Labute approximate surface area is 126 Å². The molecule has 1 heterocycles. The van der Waals surface area contributed by atoms with Gasteiger partial charge in [0.15, 0.2) is 5.82 Å². The number of aromatic nitrogens is 2. The van der Waals surface area contributed by atoms with Crippen LogP contribution in [0.25, 0.3) is 11.5 Å². The number of hydrogen-bond acceptors (Lipinski definition) is 5. The molecule has 3 rings (SSSR count). The van der Waals surface area contributed by atoms with Crippen molar-refractivity contribution in [3.63, 3.8) is 0 Å². The highest BCUT2D eigenvalue weighted by atomic mass is 35.5. The standard InChI is InChI=1S/C14H15ClN2O2S/c15-9-5-6-12(18)11(7-9)14-16-13(17-19-14)8-20-10-3-1-2-4-10/h5-7,10,18H,1-4,8H2. The van der Waals surface area contributed by atoms with E-state index < -0.39 is 0 Å². The maximum atomic E-state index is 9.81. The van der Waals surface area contributed by atoms with Crippen molar-refractivity contribution >= 4 is 23.4 Å². The lowest BCUT2D eigenvalue weighted by Crippen LogP contribution is -1.95. The van der Waals surface area contributed by atoms with E-state index in [0.717, 1.165) is 11.0 Å². The molecule has 0 bridgehead atoms. The zero-order chi connectivity index (χ0) is 13.9. The molecule has 0 spiro atoms. The van der Waals surface area contributed by atoms with Crippen LogP contribution in [0.15, 0.2) is 22.7 Å². The summed E-state index contributed by atoms with van der Waals surface area (Å²) in [6.45, 7) is 0. The van der Waals surface area contributed by atoms with E-state index in [4.69, 9.17) is 16.1 Å². The van der Waals surface area contributed by atoms with Gasteiger partial charge in [0.2, 0.25) is 0 Å². The van der Waals surface area contributed by atoms with Gasteiger partial charge in [0.05, 0.1) is 11.3 Å². The van der Waals surface area contributed by atoms with Gasteiger partial charge in [-0.15, -0.1) is 0 Å². The van der Waals surface area contributed by atoms with Gasteiger partial charge in [0.1, 0.15) is 5.75 Å². The minimum absolute atomic E-state index is 0.0908. The molecule has 2 aromatic rings. The molecule has 1 aromatic heterocycles. The minimum Gasteiger partial charge on any atom is -0.507 e. The van der Waals surface area contributed by atoms with Gasteiger partial charge in [0.25, 0.3) is 5.89 Å². The Morgan fingerprint density at radius 3 is 2.95 bits per heavy atom. The van der Waals surface area contributed by atoms with Crippen LogP contribution in [-0.4, -0.2) is 20.5 Å². The van der Waals surface area contributed by atoms with E-state index in [1.54, 1.807) is 12.1 Å². The van der Waals surface area contributed by atoms with Crippen LogP contribution in [0.1, 0.15) is 31.5 Å². The summed E-state index contributed by atoms with van der Waals surface area (Å²) in [6, 6.07) is 4.76. The van der Waals surface area contributed by atoms with Gasteiger partial charge in [-0.05, 0) is 31.0 Å². The van der Waals surface area contributed by atoms with Gasteiger partial charge in [-0.25, -0.2) is 0 Å². The number of phenolic OH excluding ortho intramolecular Hbond substituents is 1. The first-order valence-electron chi connectivity index (χ1n) is 6.65. The van der Waals surface area contributed by atoms with E-state index in [-0.39, 0.29) is 5.75 Å². The SMILES string of the molecule is Oc1ccc(Cl)cc1-c1nc(CSC2CCCC2)no1. The van der Waals surface area contributed by atoms with Gasteiger partial charge in [0, 0.05) is 10.3 Å². The molecule has 106 valence electrons. The van der Waals surface area contributed by atoms with Crippen LogP contribution in [0.5, 0.6) is 5.75 Å². The number of hydrogen-bond donors (Lipinski definition) is 1. The van der Waals surface area contributed by atoms with Crippen molar-refractivity contribution in [2.45, 2.75) is 36.7 Å². The van der Waals surface area contributed by atoms with Gasteiger partial charge in [-0.3, -0.25) is 0 Å². The number of halogens is 1. The second kappa shape index (κ2) is 6.06. The molecule has 1 aliphatic rings. The van der Waals surface area contributed by atoms with E-state index in [0.29, 0.717) is 22.3 Å². The average molecular weight is 311 g/mol. The fraction of sp³-hybridized carbons (Fsp3) is 0.429. The van der Waals surface area contributed by atoms with Crippen LogP contribution < -0.4 is 0 Å². The Balaban J connectivity index is 1.71. The predicted octanol–water partition coefficient (Wildman–Crippen LogP) is 4.27. The number of benzene rings is 1. The second-order valence-corrected chi connectivity index (χ2v) is 6.62. The monoisotopic (exact) mass is 310 g/mol. The number of phenols is 1. The van der Waals surface area contributed by atoms with Crippen molar-refractivity contribution in [2.24, 2.45) is 0 Å². The molecular weight excluding hydrogens is 296 g/mol. The molecule has 1 aliphatic carbocycles. The normalized spacial score (nSPS) is 15.8. The third-order valence-electron chi connectivity index (χ3n) is 3.41. The molecule has 1 fully saturated rings. The first kappa shape index (κ1) is 13.8. The van der Waals surface area contributed by atoms with Crippen molar-refractivity contribution in [2.75, 3.05) is 0 Å². The smallest absolute Gasteiger partial charge is 0.261 e. The number of aromatic hydroxyl groups is 1. The van der Waals surface area contributed by atoms with E-state index >= 15 is 0 Å². The van der Waals surface area contributed by atoms with E-state index in [2.05, 4.69) is 10.1 Å². The van der Waals surface area contributed by atoms with Crippen molar-refractivity contribution in [1.82, 2.24) is 10.1 Å². The molecule has 0 atom stereocenters. The lowest BCUT2D eigenvalue weighted by Gasteiger charge is -2.04. The summed E-state index contributed by atoms with van der Waals surface area (Å²) in [7, 11) is 0. The molecule has 6 heteroatoms. The zero-order valence-corrected chi connectivity index (χ0v) is 12.5. The first-order chi connectivity index (χ1) is 9.72. The Morgan fingerprint density at radius 2 is 2.15 bits per heavy atom. The molecule has 0 radical (unpaired) electrons. The van der Waals surface area contributed by atoms with E-state index in [1.807, 2.05) is 11.8 Å². The minimum atomic E-state index is 0.0908. The van der Waals surface area contributed by atoms with Crippen LogP contribution in [-0.2, 0) is 5.75 Å². The van der Waals surface area contributed by atoms with Gasteiger partial charge >= 0.3 is 0 Å². The Bertz CT molecular complexity index is 597. The quantitative estimate of drug-likeness (QED) is 0.913. The highest BCUT2D eigenvalue weighted by molar-refractivity contribution is 7.99. The number of thioether (sulfide) groups is 1. The molecule has 1 N–H and O–H groups in total. The van der Waals surface area contributed by atoms with Crippen molar-refractivity contribution < 1.29 is 9.63 Å². The molecule has 0 unspecified atom stereocenters. The van der Waals surface area contributed by atoms with Crippen LogP contribution in [0.3, 0.4) is 0 Å². The molecule has 0 amide bonds. The van der Waals surface area contributed by atoms with Crippen LogP contribution in [0.4, 0.5) is 0 Å². The van der Waals surface area contributed by atoms with Crippen molar-refractivity contribution in [3.8, 4) is 17.2 Å². The lowest BCUT2D eigenvalue weighted by atomic mass is 10.2. The molecule has 0 saturated heterocycles. The fourth-order valence-electron chi connectivity index (χ4n) is 2.35. The topological polar surface area (TPSA) is 59.2 Å². The first-order valence-corrected chi connectivity index (χ1v) is 8.08. The Morgan fingerprint density at radius 1 is 1.35 bits per heavy atom.